The second-order valence-corrected chi connectivity index (χ2v) is 5.88. The normalized spacial score (nSPS) is 11.0. The van der Waals surface area contributed by atoms with Crippen molar-refractivity contribution in [3.8, 4) is 0 Å². The van der Waals surface area contributed by atoms with E-state index >= 15 is 0 Å². The van der Waals surface area contributed by atoms with Crippen molar-refractivity contribution in [3.63, 3.8) is 0 Å². The molecule has 0 unspecified atom stereocenters. The zero-order valence-electron chi connectivity index (χ0n) is 12.1. The van der Waals surface area contributed by atoms with Gasteiger partial charge in [-0.05, 0) is 45.4 Å². The Morgan fingerprint density at radius 2 is 2.05 bits per heavy atom. The number of halogens is 1. The molecule has 112 valence electrons. The fourth-order valence-electron chi connectivity index (χ4n) is 1.50. The number of rotatable bonds is 5. The number of anilines is 2. The molecule has 0 heterocycles. The Bertz CT molecular complexity index is 458. The average molecular weight is 300 g/mol. The van der Waals surface area contributed by atoms with Crippen molar-refractivity contribution in [3.05, 3.63) is 23.2 Å². The Labute approximate surface area is 124 Å². The lowest BCUT2D eigenvalue weighted by Gasteiger charge is -2.19. The summed E-state index contributed by atoms with van der Waals surface area (Å²) in [5.74, 6) is 0. The van der Waals surface area contributed by atoms with Gasteiger partial charge >= 0.3 is 6.09 Å². The number of nitrogens with two attached hydrogens (primary N) is 1. The highest BCUT2D eigenvalue weighted by Gasteiger charge is 2.15. The van der Waals surface area contributed by atoms with Gasteiger partial charge in [-0.2, -0.15) is 0 Å². The highest BCUT2D eigenvalue weighted by atomic mass is 35.5. The third kappa shape index (κ3) is 6.52. The molecule has 5 nitrogen and oxygen atoms in total. The first kappa shape index (κ1) is 16.4. The van der Waals surface area contributed by atoms with Crippen LogP contribution in [-0.4, -0.2) is 24.8 Å². The number of hydrogen-bond donors (Lipinski definition) is 3. The highest BCUT2D eigenvalue weighted by molar-refractivity contribution is 6.31. The number of alkyl carbamates (subject to hydrolysis) is 1. The van der Waals surface area contributed by atoms with E-state index in [0.717, 1.165) is 12.1 Å². The van der Waals surface area contributed by atoms with Crippen LogP contribution in [0.4, 0.5) is 16.2 Å². The molecule has 1 rings (SSSR count). The molecule has 0 fully saturated rings. The molecule has 0 saturated heterocycles. The van der Waals surface area contributed by atoms with E-state index in [9.17, 15) is 4.79 Å². The minimum atomic E-state index is -0.475. The first-order valence-corrected chi connectivity index (χ1v) is 6.91. The zero-order chi connectivity index (χ0) is 15.2. The topological polar surface area (TPSA) is 76.4 Å². The monoisotopic (exact) mass is 299 g/mol. The van der Waals surface area contributed by atoms with Gasteiger partial charge in [-0.3, -0.25) is 0 Å². The summed E-state index contributed by atoms with van der Waals surface area (Å²) in [6.07, 6.45) is 0.352. The fraction of sp³-hybridized carbons (Fsp3) is 0.500. The van der Waals surface area contributed by atoms with Gasteiger partial charge in [0.15, 0.2) is 0 Å². The van der Waals surface area contributed by atoms with E-state index < -0.39 is 11.7 Å². The molecule has 6 heteroatoms. The molecular weight excluding hydrogens is 278 g/mol. The van der Waals surface area contributed by atoms with E-state index in [2.05, 4.69) is 10.6 Å². The summed E-state index contributed by atoms with van der Waals surface area (Å²) < 4.78 is 5.13. The molecule has 0 saturated carbocycles. The van der Waals surface area contributed by atoms with Crippen molar-refractivity contribution in [1.82, 2.24) is 5.32 Å². The van der Waals surface area contributed by atoms with Crippen LogP contribution in [-0.2, 0) is 4.74 Å². The number of ether oxygens (including phenoxy) is 1. The van der Waals surface area contributed by atoms with Crippen molar-refractivity contribution in [2.45, 2.75) is 32.8 Å². The molecule has 0 aliphatic carbocycles. The predicted molar refractivity (Wildman–Crippen MR) is 83.2 cm³/mol. The SMILES string of the molecule is CC(C)(C)OC(=O)NCCCNc1cc(Cl)ccc1N. The Kier molecular flexibility index (Phi) is 5.95. The molecule has 1 aromatic carbocycles. The van der Waals surface area contributed by atoms with Gasteiger partial charge < -0.3 is 21.1 Å². The number of hydrogen-bond acceptors (Lipinski definition) is 4. The Hall–Kier alpha value is -1.62. The van der Waals surface area contributed by atoms with Crippen LogP contribution in [0.2, 0.25) is 5.02 Å². The molecule has 4 N–H and O–H groups in total. The van der Waals surface area contributed by atoms with E-state index in [1.54, 1.807) is 18.2 Å². The molecule has 0 aliphatic heterocycles. The summed E-state index contributed by atoms with van der Waals surface area (Å²) >= 11 is 5.89. The van der Waals surface area contributed by atoms with Crippen LogP contribution >= 0.6 is 11.6 Å². The van der Waals surface area contributed by atoms with Gasteiger partial charge in [-0.1, -0.05) is 11.6 Å². The van der Waals surface area contributed by atoms with Gasteiger partial charge in [0.1, 0.15) is 5.60 Å². The maximum atomic E-state index is 11.4. The van der Waals surface area contributed by atoms with E-state index in [-0.39, 0.29) is 0 Å². The van der Waals surface area contributed by atoms with Crippen LogP contribution in [0.1, 0.15) is 27.2 Å². The standard InChI is InChI=1S/C14H22ClN3O2/c1-14(2,3)20-13(19)18-8-4-7-17-12-9-10(15)5-6-11(12)16/h5-6,9,17H,4,7-8,16H2,1-3H3,(H,18,19). The highest BCUT2D eigenvalue weighted by Crippen LogP contribution is 2.22. The van der Waals surface area contributed by atoms with Crippen molar-refractivity contribution in [2.75, 3.05) is 24.1 Å². The van der Waals surface area contributed by atoms with Crippen LogP contribution < -0.4 is 16.4 Å². The third-order valence-corrected chi connectivity index (χ3v) is 2.59. The van der Waals surface area contributed by atoms with E-state index in [0.29, 0.717) is 23.8 Å². The summed E-state index contributed by atoms with van der Waals surface area (Å²) in [6.45, 7) is 6.70. The van der Waals surface area contributed by atoms with Crippen LogP contribution in [0.15, 0.2) is 18.2 Å². The van der Waals surface area contributed by atoms with Gasteiger partial charge in [-0.25, -0.2) is 4.79 Å². The van der Waals surface area contributed by atoms with Crippen LogP contribution in [0.5, 0.6) is 0 Å². The van der Waals surface area contributed by atoms with Gasteiger partial charge in [0, 0.05) is 18.1 Å². The van der Waals surface area contributed by atoms with Crippen LogP contribution in [0.25, 0.3) is 0 Å². The van der Waals surface area contributed by atoms with Crippen LogP contribution in [0, 0.1) is 0 Å². The lowest BCUT2D eigenvalue weighted by atomic mass is 10.2. The van der Waals surface area contributed by atoms with E-state index in [4.69, 9.17) is 22.1 Å². The molecule has 1 amide bonds. The molecule has 1 aromatic rings. The number of carbonyl (C=O) groups excluding carboxylic acids is 1. The number of benzene rings is 1. The van der Waals surface area contributed by atoms with Crippen LogP contribution in [0.3, 0.4) is 0 Å². The molecule has 0 atom stereocenters. The second kappa shape index (κ2) is 7.24. The number of nitrogen functional groups attached to an aromatic ring is 1. The molecule has 20 heavy (non-hydrogen) atoms. The molecule has 0 radical (unpaired) electrons. The van der Waals surface area contributed by atoms with Gasteiger partial charge in [0.25, 0.3) is 0 Å². The maximum absolute atomic E-state index is 11.4. The van der Waals surface area contributed by atoms with Crippen molar-refractivity contribution >= 4 is 29.1 Å². The molecule has 0 spiro atoms. The molecule has 0 aromatic heterocycles. The summed E-state index contributed by atoms with van der Waals surface area (Å²) in [4.78, 5) is 11.4. The maximum Gasteiger partial charge on any atom is 0.407 e. The zero-order valence-corrected chi connectivity index (χ0v) is 12.9. The third-order valence-electron chi connectivity index (χ3n) is 2.35. The predicted octanol–water partition coefficient (Wildman–Crippen LogP) is 3.25. The summed E-state index contributed by atoms with van der Waals surface area (Å²) in [6, 6.07) is 5.27. The minimum Gasteiger partial charge on any atom is -0.444 e. The summed E-state index contributed by atoms with van der Waals surface area (Å²) in [5.41, 5.74) is 6.78. The van der Waals surface area contributed by atoms with E-state index in [1.807, 2.05) is 20.8 Å². The smallest absolute Gasteiger partial charge is 0.407 e. The molecule has 0 bridgehead atoms. The van der Waals surface area contributed by atoms with Gasteiger partial charge in [0.2, 0.25) is 0 Å². The first-order valence-electron chi connectivity index (χ1n) is 6.54. The number of carbonyl (C=O) groups is 1. The lowest BCUT2D eigenvalue weighted by molar-refractivity contribution is 0.0528. The number of nitrogens with one attached hydrogen (secondary N) is 2. The number of amides is 1. The summed E-state index contributed by atoms with van der Waals surface area (Å²) in [7, 11) is 0. The Morgan fingerprint density at radius 1 is 1.35 bits per heavy atom. The molecule has 0 aliphatic rings. The second-order valence-electron chi connectivity index (χ2n) is 5.44. The average Bonchev–Trinajstić information content (AvgIpc) is 2.30. The van der Waals surface area contributed by atoms with Gasteiger partial charge in [0.05, 0.1) is 11.4 Å². The Balaban J connectivity index is 2.22. The molecular formula is C14H22ClN3O2. The largest absolute Gasteiger partial charge is 0.444 e. The fourth-order valence-corrected chi connectivity index (χ4v) is 1.67. The van der Waals surface area contributed by atoms with Crippen molar-refractivity contribution in [1.29, 1.82) is 0 Å². The summed E-state index contributed by atoms with van der Waals surface area (Å²) in [5, 5.41) is 6.50. The first-order chi connectivity index (χ1) is 9.28. The van der Waals surface area contributed by atoms with E-state index in [1.165, 1.54) is 0 Å². The lowest BCUT2D eigenvalue weighted by Crippen LogP contribution is -2.33. The quantitative estimate of drug-likeness (QED) is 0.576. The van der Waals surface area contributed by atoms with Crippen molar-refractivity contribution in [2.24, 2.45) is 0 Å². The van der Waals surface area contributed by atoms with Crippen molar-refractivity contribution < 1.29 is 9.53 Å². The minimum absolute atomic E-state index is 0.403. The Morgan fingerprint density at radius 3 is 2.70 bits per heavy atom. The van der Waals surface area contributed by atoms with Gasteiger partial charge in [-0.15, -0.1) is 0 Å².